The number of nitrogens with zero attached hydrogens (tertiary/aromatic N) is 4. The molecule has 20 heavy (non-hydrogen) atoms. The fourth-order valence-corrected chi connectivity index (χ4v) is 1.65. The van der Waals surface area contributed by atoms with Gasteiger partial charge in [0.05, 0.1) is 0 Å². The summed E-state index contributed by atoms with van der Waals surface area (Å²) in [6, 6.07) is 7.13. The molecule has 0 saturated heterocycles. The highest BCUT2D eigenvalue weighted by atomic mass is 35.5. The average Bonchev–Trinajstić information content (AvgIpc) is 2.85. The summed E-state index contributed by atoms with van der Waals surface area (Å²) in [5.74, 6) is 0.754. The van der Waals surface area contributed by atoms with Gasteiger partial charge in [-0.2, -0.15) is 4.80 Å². The van der Waals surface area contributed by atoms with Gasteiger partial charge >= 0.3 is 0 Å². The van der Waals surface area contributed by atoms with E-state index in [0.29, 0.717) is 23.3 Å². The highest BCUT2D eigenvalue weighted by molar-refractivity contribution is 6.30. The van der Waals surface area contributed by atoms with Crippen molar-refractivity contribution in [3.8, 4) is 11.4 Å². The number of amides is 1. The first-order valence-corrected chi connectivity index (χ1v) is 6.73. The highest BCUT2D eigenvalue weighted by Crippen LogP contribution is 2.16. The van der Waals surface area contributed by atoms with Gasteiger partial charge < -0.3 is 5.32 Å². The smallest absolute Gasteiger partial charge is 0.243 e. The van der Waals surface area contributed by atoms with Crippen LogP contribution in [0.15, 0.2) is 24.3 Å². The maximum absolute atomic E-state index is 11.7. The van der Waals surface area contributed by atoms with E-state index >= 15 is 0 Å². The lowest BCUT2D eigenvalue weighted by molar-refractivity contribution is -0.122. The van der Waals surface area contributed by atoms with E-state index in [1.54, 1.807) is 12.1 Å². The van der Waals surface area contributed by atoms with Gasteiger partial charge in [-0.25, -0.2) is 0 Å². The molecule has 0 radical (unpaired) electrons. The highest BCUT2D eigenvalue weighted by Gasteiger charge is 2.09. The molecular weight excluding hydrogens is 278 g/mol. The Morgan fingerprint density at radius 2 is 2.05 bits per heavy atom. The number of halogens is 1. The van der Waals surface area contributed by atoms with Gasteiger partial charge in [0.1, 0.15) is 6.54 Å². The predicted octanol–water partition coefficient (Wildman–Crippen LogP) is 1.77. The van der Waals surface area contributed by atoms with Crippen LogP contribution in [0.1, 0.15) is 13.8 Å². The number of hydrogen-bond acceptors (Lipinski definition) is 4. The fraction of sp³-hybridized carbons (Fsp3) is 0.385. The Morgan fingerprint density at radius 1 is 1.35 bits per heavy atom. The number of nitrogens with one attached hydrogen (secondary N) is 1. The number of rotatable bonds is 5. The molecule has 0 unspecified atom stereocenters. The molecule has 0 aliphatic rings. The Bertz CT molecular complexity index is 579. The van der Waals surface area contributed by atoms with Gasteiger partial charge in [0, 0.05) is 17.1 Å². The molecule has 0 saturated carbocycles. The molecule has 2 aromatic rings. The zero-order chi connectivity index (χ0) is 14.5. The molecule has 0 atom stereocenters. The van der Waals surface area contributed by atoms with E-state index in [0.717, 1.165) is 5.56 Å². The van der Waals surface area contributed by atoms with Crippen molar-refractivity contribution in [2.45, 2.75) is 20.4 Å². The minimum atomic E-state index is -0.126. The van der Waals surface area contributed by atoms with E-state index in [4.69, 9.17) is 11.6 Å². The van der Waals surface area contributed by atoms with Gasteiger partial charge in [-0.05, 0) is 35.4 Å². The summed E-state index contributed by atoms with van der Waals surface area (Å²) in [6.07, 6.45) is 0. The van der Waals surface area contributed by atoms with Gasteiger partial charge in [0.2, 0.25) is 11.7 Å². The molecule has 1 heterocycles. The molecule has 106 valence electrons. The molecule has 0 spiro atoms. The van der Waals surface area contributed by atoms with E-state index in [1.807, 2.05) is 26.0 Å². The molecular formula is C13H16ClN5O. The zero-order valence-electron chi connectivity index (χ0n) is 11.4. The van der Waals surface area contributed by atoms with Gasteiger partial charge in [-0.1, -0.05) is 25.4 Å². The number of tetrazole rings is 1. The Kier molecular flexibility index (Phi) is 4.68. The van der Waals surface area contributed by atoms with E-state index in [9.17, 15) is 4.79 Å². The predicted molar refractivity (Wildman–Crippen MR) is 76.1 cm³/mol. The normalized spacial score (nSPS) is 10.8. The molecule has 1 N–H and O–H groups in total. The van der Waals surface area contributed by atoms with E-state index < -0.39 is 0 Å². The molecule has 0 aliphatic carbocycles. The lowest BCUT2D eigenvalue weighted by Gasteiger charge is -2.06. The second kappa shape index (κ2) is 6.47. The van der Waals surface area contributed by atoms with Crippen LogP contribution in [0, 0.1) is 5.92 Å². The Labute approximate surface area is 122 Å². The minimum Gasteiger partial charge on any atom is -0.354 e. The Balaban J connectivity index is 1.98. The minimum absolute atomic E-state index is 0.0628. The number of aromatic nitrogens is 4. The maximum Gasteiger partial charge on any atom is 0.243 e. The van der Waals surface area contributed by atoms with Gasteiger partial charge in [-0.15, -0.1) is 10.2 Å². The summed E-state index contributed by atoms with van der Waals surface area (Å²) in [5.41, 5.74) is 0.809. The van der Waals surface area contributed by atoms with E-state index in [1.165, 1.54) is 4.80 Å². The molecule has 2 rings (SSSR count). The third-order valence-corrected chi connectivity index (χ3v) is 2.80. The summed E-state index contributed by atoms with van der Waals surface area (Å²) >= 11 is 5.82. The first-order valence-electron chi connectivity index (χ1n) is 6.35. The van der Waals surface area contributed by atoms with Gasteiger partial charge in [-0.3, -0.25) is 4.79 Å². The molecule has 1 amide bonds. The van der Waals surface area contributed by atoms with Crippen LogP contribution in [-0.4, -0.2) is 32.7 Å². The molecule has 1 aromatic carbocycles. The third kappa shape index (κ3) is 4.03. The maximum atomic E-state index is 11.7. The largest absolute Gasteiger partial charge is 0.354 e. The molecule has 0 bridgehead atoms. The van der Waals surface area contributed by atoms with Crippen LogP contribution in [0.4, 0.5) is 0 Å². The van der Waals surface area contributed by atoms with Crippen LogP contribution in [0.25, 0.3) is 11.4 Å². The summed E-state index contributed by atoms with van der Waals surface area (Å²) in [7, 11) is 0. The number of benzene rings is 1. The van der Waals surface area contributed by atoms with Crippen molar-refractivity contribution < 1.29 is 4.79 Å². The molecule has 0 aliphatic heterocycles. The summed E-state index contributed by atoms with van der Waals surface area (Å²) in [5, 5.41) is 15.4. The van der Waals surface area contributed by atoms with Crippen molar-refractivity contribution in [1.82, 2.24) is 25.5 Å². The Morgan fingerprint density at radius 3 is 2.70 bits per heavy atom. The monoisotopic (exact) mass is 293 g/mol. The zero-order valence-corrected chi connectivity index (χ0v) is 12.1. The average molecular weight is 294 g/mol. The number of carbonyl (C=O) groups excluding carboxylic acids is 1. The third-order valence-electron chi connectivity index (χ3n) is 2.55. The molecule has 1 aromatic heterocycles. The van der Waals surface area contributed by atoms with Crippen LogP contribution in [-0.2, 0) is 11.3 Å². The van der Waals surface area contributed by atoms with E-state index in [2.05, 4.69) is 20.7 Å². The van der Waals surface area contributed by atoms with Crippen molar-refractivity contribution in [3.05, 3.63) is 29.3 Å². The first kappa shape index (κ1) is 14.5. The number of carbonyl (C=O) groups is 1. The van der Waals surface area contributed by atoms with Gasteiger partial charge in [0.25, 0.3) is 0 Å². The van der Waals surface area contributed by atoms with Crippen LogP contribution in [0.2, 0.25) is 5.02 Å². The van der Waals surface area contributed by atoms with Gasteiger partial charge in [0.15, 0.2) is 0 Å². The van der Waals surface area contributed by atoms with Crippen molar-refractivity contribution in [2.75, 3.05) is 6.54 Å². The summed E-state index contributed by atoms with van der Waals surface area (Å²) in [4.78, 5) is 12.9. The quantitative estimate of drug-likeness (QED) is 0.912. The van der Waals surface area contributed by atoms with Crippen molar-refractivity contribution in [1.29, 1.82) is 0 Å². The molecule has 7 heteroatoms. The van der Waals surface area contributed by atoms with Crippen LogP contribution < -0.4 is 5.32 Å². The van der Waals surface area contributed by atoms with Crippen molar-refractivity contribution >= 4 is 17.5 Å². The fourth-order valence-electron chi connectivity index (χ4n) is 1.53. The molecule has 6 nitrogen and oxygen atoms in total. The Hall–Kier alpha value is -1.95. The summed E-state index contributed by atoms with van der Waals surface area (Å²) < 4.78 is 0. The second-order valence-electron chi connectivity index (χ2n) is 4.85. The number of hydrogen-bond donors (Lipinski definition) is 1. The standard InChI is InChI=1S/C13H16ClN5O/c1-9(2)7-15-12(20)8-19-17-13(16-18-19)10-3-5-11(14)6-4-10/h3-6,9H,7-8H2,1-2H3,(H,15,20). The lowest BCUT2D eigenvalue weighted by Crippen LogP contribution is -2.31. The van der Waals surface area contributed by atoms with Crippen molar-refractivity contribution in [3.63, 3.8) is 0 Å². The van der Waals surface area contributed by atoms with Crippen LogP contribution in [0.5, 0.6) is 0 Å². The first-order chi connectivity index (χ1) is 9.54. The van der Waals surface area contributed by atoms with Crippen molar-refractivity contribution in [2.24, 2.45) is 5.92 Å². The van der Waals surface area contributed by atoms with E-state index in [-0.39, 0.29) is 12.5 Å². The topological polar surface area (TPSA) is 72.7 Å². The van der Waals surface area contributed by atoms with Crippen LogP contribution in [0.3, 0.4) is 0 Å². The lowest BCUT2D eigenvalue weighted by atomic mass is 10.2. The summed E-state index contributed by atoms with van der Waals surface area (Å²) in [6.45, 7) is 4.77. The molecule has 0 fully saturated rings. The van der Waals surface area contributed by atoms with Crippen LogP contribution >= 0.6 is 11.6 Å². The second-order valence-corrected chi connectivity index (χ2v) is 5.28. The SMILES string of the molecule is CC(C)CNC(=O)Cn1nnc(-c2ccc(Cl)cc2)n1.